The van der Waals surface area contributed by atoms with Crippen LogP contribution in [0.5, 0.6) is 0 Å². The van der Waals surface area contributed by atoms with Crippen LogP contribution in [0.4, 0.5) is 0 Å². The quantitative estimate of drug-likeness (QED) is 0.608. The predicted octanol–water partition coefficient (Wildman–Crippen LogP) is 5.79. The Hall–Kier alpha value is -0.160. The Morgan fingerprint density at radius 2 is 1.65 bits per heavy atom. The Bertz CT molecular complexity index is 593. The summed E-state index contributed by atoms with van der Waals surface area (Å²) in [4.78, 5) is 0. The average Bonchev–Trinajstić information content (AvgIpc) is 2.43. The molecule has 0 aliphatic heterocycles. The number of nitrogens with one attached hydrogen (secondary N) is 1. The van der Waals surface area contributed by atoms with Crippen molar-refractivity contribution in [3.63, 3.8) is 0 Å². The van der Waals surface area contributed by atoms with Crippen LogP contribution in [0.25, 0.3) is 0 Å². The molecular formula is C16H16Br3N. The van der Waals surface area contributed by atoms with Gasteiger partial charge in [0.05, 0.1) is 0 Å². The molecule has 1 N–H and O–H groups in total. The third-order valence-electron chi connectivity index (χ3n) is 3.35. The summed E-state index contributed by atoms with van der Waals surface area (Å²) >= 11 is 10.8. The van der Waals surface area contributed by atoms with Gasteiger partial charge in [-0.25, -0.2) is 0 Å². The number of hydrogen-bond acceptors (Lipinski definition) is 1. The van der Waals surface area contributed by atoms with Crippen LogP contribution in [0.1, 0.15) is 22.7 Å². The molecule has 0 saturated carbocycles. The highest BCUT2D eigenvalue weighted by atomic mass is 79.9. The molecule has 2 rings (SSSR count). The van der Waals surface area contributed by atoms with Gasteiger partial charge in [-0.15, -0.1) is 0 Å². The molecule has 0 amide bonds. The number of rotatable bonds is 4. The largest absolute Gasteiger partial charge is 0.313 e. The van der Waals surface area contributed by atoms with Gasteiger partial charge in [-0.3, -0.25) is 0 Å². The molecule has 0 bridgehead atoms. The van der Waals surface area contributed by atoms with Gasteiger partial charge in [-0.1, -0.05) is 59.9 Å². The summed E-state index contributed by atoms with van der Waals surface area (Å²) in [7, 11) is 2.00. The molecule has 0 aliphatic carbocycles. The van der Waals surface area contributed by atoms with Gasteiger partial charge in [0.2, 0.25) is 0 Å². The highest BCUT2D eigenvalue weighted by molar-refractivity contribution is 9.11. The minimum atomic E-state index is 0.280. The first-order valence-electron chi connectivity index (χ1n) is 6.38. The normalized spacial score (nSPS) is 12.4. The van der Waals surface area contributed by atoms with Crippen LogP contribution < -0.4 is 5.32 Å². The maximum Gasteiger partial charge on any atom is 0.0370 e. The van der Waals surface area contributed by atoms with Crippen molar-refractivity contribution in [3.05, 3.63) is 66.5 Å². The predicted molar refractivity (Wildman–Crippen MR) is 96.2 cm³/mol. The van der Waals surface area contributed by atoms with Crippen LogP contribution in [-0.4, -0.2) is 7.05 Å². The first-order valence-corrected chi connectivity index (χ1v) is 8.76. The van der Waals surface area contributed by atoms with Crippen LogP contribution in [0, 0.1) is 6.92 Å². The highest BCUT2D eigenvalue weighted by Gasteiger charge is 2.15. The Labute approximate surface area is 145 Å². The molecule has 2 aromatic carbocycles. The van der Waals surface area contributed by atoms with Gasteiger partial charge in [0.25, 0.3) is 0 Å². The summed E-state index contributed by atoms with van der Waals surface area (Å²) in [6.45, 7) is 2.10. The Morgan fingerprint density at radius 1 is 1.00 bits per heavy atom. The first kappa shape index (κ1) is 16.2. The molecule has 0 radical (unpaired) electrons. The number of benzene rings is 2. The zero-order valence-electron chi connectivity index (χ0n) is 11.4. The van der Waals surface area contributed by atoms with E-state index in [1.807, 2.05) is 7.05 Å². The summed E-state index contributed by atoms with van der Waals surface area (Å²) in [6.07, 6.45) is 0.956. The minimum absolute atomic E-state index is 0.280. The van der Waals surface area contributed by atoms with Gasteiger partial charge >= 0.3 is 0 Å². The summed E-state index contributed by atoms with van der Waals surface area (Å²) in [6, 6.07) is 13.1. The van der Waals surface area contributed by atoms with E-state index in [9.17, 15) is 0 Å². The second kappa shape index (κ2) is 7.21. The molecule has 0 aromatic heterocycles. The number of aryl methyl sites for hydroxylation is 1. The van der Waals surface area contributed by atoms with Crippen molar-refractivity contribution >= 4 is 47.8 Å². The molecule has 106 valence electrons. The van der Waals surface area contributed by atoms with E-state index in [1.165, 1.54) is 16.7 Å². The molecule has 1 atom stereocenters. The lowest BCUT2D eigenvalue weighted by Crippen LogP contribution is -2.19. The number of hydrogen-bond donors (Lipinski definition) is 1. The molecule has 0 saturated heterocycles. The van der Waals surface area contributed by atoms with Gasteiger partial charge in [-0.2, -0.15) is 0 Å². The van der Waals surface area contributed by atoms with Crippen molar-refractivity contribution in [2.75, 3.05) is 7.05 Å². The molecule has 0 fully saturated rings. The van der Waals surface area contributed by atoms with Crippen molar-refractivity contribution in [3.8, 4) is 0 Å². The van der Waals surface area contributed by atoms with Crippen LogP contribution in [-0.2, 0) is 6.42 Å². The molecular weight excluding hydrogens is 446 g/mol. The Morgan fingerprint density at radius 3 is 2.25 bits per heavy atom. The van der Waals surface area contributed by atoms with E-state index in [0.29, 0.717) is 0 Å². The van der Waals surface area contributed by atoms with E-state index in [4.69, 9.17) is 0 Å². The Balaban J connectivity index is 2.28. The fraction of sp³-hybridized carbons (Fsp3) is 0.250. The van der Waals surface area contributed by atoms with Crippen LogP contribution >= 0.6 is 47.8 Å². The van der Waals surface area contributed by atoms with E-state index in [2.05, 4.69) is 96.4 Å². The number of likely N-dealkylation sites (N-methyl/N-ethyl adjacent to an activating group) is 1. The lowest BCUT2D eigenvalue weighted by atomic mass is 9.98. The summed E-state index contributed by atoms with van der Waals surface area (Å²) in [5, 5.41) is 3.41. The minimum Gasteiger partial charge on any atom is -0.313 e. The molecule has 2 aromatic rings. The fourth-order valence-electron chi connectivity index (χ4n) is 2.15. The zero-order chi connectivity index (χ0) is 14.7. The topological polar surface area (TPSA) is 12.0 Å². The molecule has 4 heteroatoms. The van der Waals surface area contributed by atoms with Crippen molar-refractivity contribution in [2.24, 2.45) is 0 Å². The molecule has 20 heavy (non-hydrogen) atoms. The zero-order valence-corrected chi connectivity index (χ0v) is 16.1. The van der Waals surface area contributed by atoms with Crippen LogP contribution in [0.3, 0.4) is 0 Å². The van der Waals surface area contributed by atoms with Crippen molar-refractivity contribution in [1.82, 2.24) is 5.32 Å². The molecule has 0 heterocycles. The maximum atomic E-state index is 3.68. The molecule has 0 spiro atoms. The standard InChI is InChI=1S/C16H16Br3N/c1-10-7-15(19)13(9-14(10)18)16(20-2)8-11-3-5-12(17)6-4-11/h3-7,9,16,20H,8H2,1-2H3. The lowest BCUT2D eigenvalue weighted by molar-refractivity contribution is 0.589. The van der Waals surface area contributed by atoms with Gasteiger partial charge in [0, 0.05) is 19.5 Å². The van der Waals surface area contributed by atoms with Gasteiger partial charge < -0.3 is 5.32 Å². The second-order valence-corrected chi connectivity index (χ2v) is 7.42. The third kappa shape index (κ3) is 3.94. The second-order valence-electron chi connectivity index (χ2n) is 4.79. The van der Waals surface area contributed by atoms with Crippen LogP contribution in [0.2, 0.25) is 0 Å². The maximum absolute atomic E-state index is 3.68. The van der Waals surface area contributed by atoms with Crippen molar-refractivity contribution in [2.45, 2.75) is 19.4 Å². The smallest absolute Gasteiger partial charge is 0.0370 e. The van der Waals surface area contributed by atoms with Gasteiger partial charge in [0.1, 0.15) is 0 Å². The molecule has 1 unspecified atom stereocenters. The van der Waals surface area contributed by atoms with Gasteiger partial charge in [-0.05, 0) is 61.3 Å². The highest BCUT2D eigenvalue weighted by Crippen LogP contribution is 2.31. The summed E-state index contributed by atoms with van der Waals surface area (Å²) in [5.74, 6) is 0. The van der Waals surface area contributed by atoms with Gasteiger partial charge in [0.15, 0.2) is 0 Å². The monoisotopic (exact) mass is 459 g/mol. The van der Waals surface area contributed by atoms with E-state index in [1.54, 1.807) is 0 Å². The fourth-order valence-corrected chi connectivity index (χ4v) is 3.51. The summed E-state index contributed by atoms with van der Waals surface area (Å²) in [5.41, 5.74) is 3.82. The Kier molecular flexibility index (Phi) is 5.84. The van der Waals surface area contributed by atoms with Crippen molar-refractivity contribution in [1.29, 1.82) is 0 Å². The van der Waals surface area contributed by atoms with E-state index >= 15 is 0 Å². The molecule has 1 nitrogen and oxygen atoms in total. The van der Waals surface area contributed by atoms with E-state index in [-0.39, 0.29) is 6.04 Å². The average molecular weight is 462 g/mol. The first-order chi connectivity index (χ1) is 9.51. The molecule has 0 aliphatic rings. The summed E-state index contributed by atoms with van der Waals surface area (Å²) < 4.78 is 3.41. The van der Waals surface area contributed by atoms with E-state index < -0.39 is 0 Å². The lowest BCUT2D eigenvalue weighted by Gasteiger charge is -2.19. The number of halogens is 3. The van der Waals surface area contributed by atoms with Crippen LogP contribution in [0.15, 0.2) is 49.8 Å². The van der Waals surface area contributed by atoms with Crippen molar-refractivity contribution < 1.29 is 0 Å². The third-order valence-corrected chi connectivity index (χ3v) is 5.42. The van der Waals surface area contributed by atoms with E-state index in [0.717, 1.165) is 19.8 Å². The SMILES string of the molecule is CNC(Cc1ccc(Br)cc1)c1cc(Br)c(C)cc1Br.